The van der Waals surface area contributed by atoms with Crippen molar-refractivity contribution >= 4 is 23.1 Å². The molecule has 0 saturated carbocycles. The van der Waals surface area contributed by atoms with Crippen LogP contribution in [0.3, 0.4) is 0 Å². The van der Waals surface area contributed by atoms with Crippen LogP contribution in [-0.2, 0) is 4.79 Å². The highest BCUT2D eigenvalue weighted by atomic mass is 32.1. The van der Waals surface area contributed by atoms with Crippen molar-refractivity contribution in [3.63, 3.8) is 0 Å². The van der Waals surface area contributed by atoms with Crippen LogP contribution in [0.2, 0.25) is 0 Å². The summed E-state index contributed by atoms with van der Waals surface area (Å²) in [6.07, 6.45) is -1.77. The van der Waals surface area contributed by atoms with Crippen molar-refractivity contribution in [1.29, 1.82) is 0 Å². The summed E-state index contributed by atoms with van der Waals surface area (Å²) in [5, 5.41) is 18.8. The summed E-state index contributed by atoms with van der Waals surface area (Å²) in [5.41, 5.74) is 6.20. The van der Waals surface area contributed by atoms with E-state index in [0.29, 0.717) is 10.7 Å². The molecule has 0 aliphatic carbocycles. The highest BCUT2D eigenvalue weighted by molar-refractivity contribution is 7.80. The van der Waals surface area contributed by atoms with Gasteiger partial charge in [0.15, 0.2) is 6.61 Å². The number of hydrogen-bond acceptors (Lipinski definition) is 5. The third-order valence-corrected chi connectivity index (χ3v) is 3.35. The van der Waals surface area contributed by atoms with E-state index in [2.05, 4.69) is 0 Å². The second-order valence-electron chi connectivity index (χ2n) is 4.61. The quantitative estimate of drug-likeness (QED) is 0.634. The molecule has 1 fully saturated rings. The van der Waals surface area contributed by atoms with E-state index in [0.717, 1.165) is 5.56 Å². The van der Waals surface area contributed by atoms with Crippen molar-refractivity contribution in [2.75, 3.05) is 19.7 Å². The molecule has 4 N–H and O–H groups in total. The summed E-state index contributed by atoms with van der Waals surface area (Å²) >= 11 is 4.83. The molecule has 0 spiro atoms. The van der Waals surface area contributed by atoms with Crippen molar-refractivity contribution in [2.24, 2.45) is 5.73 Å². The van der Waals surface area contributed by atoms with Crippen LogP contribution in [0.1, 0.15) is 5.56 Å². The van der Waals surface area contributed by atoms with Crippen molar-refractivity contribution in [2.45, 2.75) is 12.2 Å². The molecular formula is C13H16N2O4S. The van der Waals surface area contributed by atoms with E-state index in [1.165, 1.54) is 4.90 Å². The van der Waals surface area contributed by atoms with Crippen molar-refractivity contribution < 1.29 is 19.7 Å². The normalized spacial score (nSPS) is 21.8. The van der Waals surface area contributed by atoms with Crippen LogP contribution in [0, 0.1) is 0 Å². The standard InChI is InChI=1S/C13H16N2O4S/c14-13(20)8-1-3-9(4-2-8)19-7-12(18)15-5-10(16)11(17)6-15/h1-4,10-11,16-17H,5-7H2,(H2,14,20). The molecular weight excluding hydrogens is 280 g/mol. The fourth-order valence-corrected chi connectivity index (χ4v) is 2.06. The van der Waals surface area contributed by atoms with Crippen LogP contribution >= 0.6 is 12.2 Å². The molecule has 2 atom stereocenters. The molecule has 2 unspecified atom stereocenters. The Morgan fingerprint density at radius 1 is 1.30 bits per heavy atom. The predicted octanol–water partition coefficient (Wildman–Crippen LogP) is -0.736. The first-order valence-corrected chi connectivity index (χ1v) is 6.55. The largest absolute Gasteiger partial charge is 0.484 e. The van der Waals surface area contributed by atoms with Crippen LogP contribution in [0.25, 0.3) is 0 Å². The average molecular weight is 296 g/mol. The molecule has 1 aliphatic rings. The van der Waals surface area contributed by atoms with E-state index in [1.807, 2.05) is 0 Å². The fourth-order valence-electron chi connectivity index (χ4n) is 1.92. The van der Waals surface area contributed by atoms with Gasteiger partial charge in [-0.2, -0.15) is 0 Å². The number of β-amino-alcohol motifs (C(OH)–C–C–N with tert-alkyl or cyclic N) is 2. The van der Waals surface area contributed by atoms with E-state index in [4.69, 9.17) is 22.7 Å². The number of nitrogens with two attached hydrogens (primary N) is 1. The predicted molar refractivity (Wildman–Crippen MR) is 76.4 cm³/mol. The Bertz CT molecular complexity index is 496. The third kappa shape index (κ3) is 3.44. The zero-order valence-corrected chi connectivity index (χ0v) is 11.5. The number of carbonyl (C=O) groups excluding carboxylic acids is 1. The molecule has 1 saturated heterocycles. The third-order valence-electron chi connectivity index (χ3n) is 3.11. The van der Waals surface area contributed by atoms with Crippen LogP contribution < -0.4 is 10.5 Å². The number of nitrogens with zero attached hydrogens (tertiary/aromatic N) is 1. The maximum Gasteiger partial charge on any atom is 0.260 e. The van der Waals surface area contributed by atoms with Gasteiger partial charge >= 0.3 is 0 Å². The van der Waals surface area contributed by atoms with E-state index < -0.39 is 12.2 Å². The Labute approximate surface area is 121 Å². The lowest BCUT2D eigenvalue weighted by Gasteiger charge is -2.15. The molecule has 6 nitrogen and oxygen atoms in total. The number of ether oxygens (including phenoxy) is 1. The highest BCUT2D eigenvalue weighted by Crippen LogP contribution is 2.14. The van der Waals surface area contributed by atoms with Gasteiger partial charge < -0.3 is 25.6 Å². The van der Waals surface area contributed by atoms with Gasteiger partial charge in [-0.1, -0.05) is 12.2 Å². The molecule has 1 aliphatic heterocycles. The smallest absolute Gasteiger partial charge is 0.260 e. The average Bonchev–Trinajstić information content (AvgIpc) is 2.76. The second-order valence-corrected chi connectivity index (χ2v) is 5.05. The number of thiocarbonyl (C=S) groups is 1. The summed E-state index contributed by atoms with van der Waals surface area (Å²) in [6, 6.07) is 6.78. The summed E-state index contributed by atoms with van der Waals surface area (Å²) < 4.78 is 5.35. The van der Waals surface area contributed by atoms with Gasteiger partial charge in [0.2, 0.25) is 0 Å². The van der Waals surface area contributed by atoms with Gasteiger partial charge in [-0.15, -0.1) is 0 Å². The molecule has 20 heavy (non-hydrogen) atoms. The first-order chi connectivity index (χ1) is 9.47. The summed E-state index contributed by atoms with van der Waals surface area (Å²) in [7, 11) is 0. The van der Waals surface area contributed by atoms with Crippen molar-refractivity contribution in [3.8, 4) is 5.75 Å². The van der Waals surface area contributed by atoms with E-state index >= 15 is 0 Å². The molecule has 0 aromatic heterocycles. The van der Waals surface area contributed by atoms with Gasteiger partial charge in [0.05, 0.1) is 12.2 Å². The summed E-state index contributed by atoms with van der Waals surface area (Å²) in [4.78, 5) is 13.5. The Morgan fingerprint density at radius 2 is 1.85 bits per heavy atom. The Kier molecular flexibility index (Phi) is 4.53. The number of aliphatic hydroxyl groups excluding tert-OH is 2. The van der Waals surface area contributed by atoms with Crippen LogP contribution in [0.15, 0.2) is 24.3 Å². The molecule has 1 aromatic rings. The number of amides is 1. The molecule has 0 radical (unpaired) electrons. The minimum atomic E-state index is -0.885. The van der Waals surface area contributed by atoms with Crippen LogP contribution in [0.5, 0.6) is 5.75 Å². The lowest BCUT2D eigenvalue weighted by molar-refractivity contribution is -0.132. The Hall–Kier alpha value is -1.70. The van der Waals surface area contributed by atoms with Crippen molar-refractivity contribution in [3.05, 3.63) is 29.8 Å². The number of hydrogen-bond donors (Lipinski definition) is 3. The lowest BCUT2D eigenvalue weighted by atomic mass is 10.2. The SMILES string of the molecule is NC(=S)c1ccc(OCC(=O)N2CC(O)C(O)C2)cc1. The summed E-state index contributed by atoms with van der Waals surface area (Å²) in [5.74, 6) is 0.248. The van der Waals surface area contributed by atoms with E-state index in [1.54, 1.807) is 24.3 Å². The van der Waals surface area contributed by atoms with Crippen LogP contribution in [0.4, 0.5) is 0 Å². The summed E-state index contributed by atoms with van der Waals surface area (Å²) in [6.45, 7) is 0.110. The van der Waals surface area contributed by atoms with Gasteiger partial charge in [0, 0.05) is 18.7 Å². The first kappa shape index (κ1) is 14.7. The molecule has 7 heteroatoms. The second kappa shape index (κ2) is 6.17. The Morgan fingerprint density at radius 3 is 2.35 bits per heavy atom. The molecule has 0 bridgehead atoms. The minimum absolute atomic E-state index is 0.129. The van der Waals surface area contributed by atoms with Crippen LogP contribution in [-0.4, -0.2) is 57.9 Å². The lowest BCUT2D eigenvalue weighted by Crippen LogP contribution is -2.33. The first-order valence-electron chi connectivity index (χ1n) is 6.14. The van der Waals surface area contributed by atoms with E-state index in [-0.39, 0.29) is 25.6 Å². The van der Waals surface area contributed by atoms with Gasteiger partial charge in [-0.3, -0.25) is 4.79 Å². The Balaban J connectivity index is 1.86. The number of aliphatic hydroxyl groups is 2. The van der Waals surface area contributed by atoms with E-state index in [9.17, 15) is 15.0 Å². The molecule has 1 aromatic carbocycles. The van der Waals surface area contributed by atoms with Crippen molar-refractivity contribution in [1.82, 2.24) is 4.90 Å². The zero-order valence-electron chi connectivity index (χ0n) is 10.7. The molecule has 108 valence electrons. The number of benzene rings is 1. The number of likely N-dealkylation sites (tertiary alicyclic amines) is 1. The van der Waals surface area contributed by atoms with Gasteiger partial charge in [0.25, 0.3) is 5.91 Å². The zero-order chi connectivity index (χ0) is 14.7. The number of rotatable bonds is 4. The molecule has 2 rings (SSSR count). The fraction of sp³-hybridized carbons (Fsp3) is 0.385. The maximum absolute atomic E-state index is 11.8. The topological polar surface area (TPSA) is 96.0 Å². The minimum Gasteiger partial charge on any atom is -0.484 e. The number of carbonyl (C=O) groups is 1. The monoisotopic (exact) mass is 296 g/mol. The molecule has 1 amide bonds. The highest BCUT2D eigenvalue weighted by Gasteiger charge is 2.32. The maximum atomic E-state index is 11.8. The van der Waals surface area contributed by atoms with Gasteiger partial charge in [-0.05, 0) is 24.3 Å². The molecule has 1 heterocycles. The van der Waals surface area contributed by atoms with Gasteiger partial charge in [0.1, 0.15) is 10.7 Å². The van der Waals surface area contributed by atoms with Gasteiger partial charge in [-0.25, -0.2) is 0 Å².